The Morgan fingerprint density at radius 3 is 1.57 bits per heavy atom. The molecule has 4 aromatic rings. The minimum atomic E-state index is -2.76. The molecule has 0 spiro atoms. The third kappa shape index (κ3) is 10.8. The fraction of sp³-hybridized carbons (Fsp3) is 0.500. The highest BCUT2D eigenvalue weighted by Crippen LogP contribution is 2.46. The van der Waals surface area contributed by atoms with E-state index in [2.05, 4.69) is 16.4 Å². The summed E-state index contributed by atoms with van der Waals surface area (Å²) in [4.78, 5) is 4.78. The van der Waals surface area contributed by atoms with E-state index in [1.54, 1.807) is 24.3 Å². The summed E-state index contributed by atoms with van der Waals surface area (Å²) in [7, 11) is -11.0. The van der Waals surface area contributed by atoms with E-state index in [1.165, 1.54) is 0 Å². The average Bonchev–Trinajstić information content (AvgIpc) is 3.29. The number of allylic oxidation sites excluding steroid dienone is 1. The molecule has 328 valence electrons. The van der Waals surface area contributed by atoms with E-state index < -0.39 is 28.2 Å². The number of benzene rings is 4. The summed E-state index contributed by atoms with van der Waals surface area (Å²) < 4.78 is 124. The van der Waals surface area contributed by atoms with Crippen LogP contribution in [0.15, 0.2) is 97.1 Å². The number of fused-ring (bicyclic) bond motifs is 6. The summed E-state index contributed by atoms with van der Waals surface area (Å²) in [5.74, 6) is 0.324. The van der Waals surface area contributed by atoms with E-state index >= 15 is 0 Å². The van der Waals surface area contributed by atoms with Crippen molar-refractivity contribution in [3.05, 3.63) is 130 Å². The molecule has 4 aliphatic heterocycles. The molecule has 61 heavy (non-hydrogen) atoms. The summed E-state index contributed by atoms with van der Waals surface area (Å²) in [6, 6.07) is 26.5. The molecule has 9 heteroatoms. The lowest BCUT2D eigenvalue weighted by atomic mass is 9.79. The van der Waals surface area contributed by atoms with Crippen LogP contribution in [0.2, 0.25) is 0 Å². The molecule has 0 amide bonds. The number of hydrogen-bond donors (Lipinski definition) is 1. The number of rotatable bonds is 15. The van der Waals surface area contributed by atoms with Gasteiger partial charge in [0.15, 0.2) is 23.0 Å². The van der Waals surface area contributed by atoms with Gasteiger partial charge in [-0.3, -0.25) is 9.80 Å². The Morgan fingerprint density at radius 2 is 1.13 bits per heavy atom. The highest BCUT2D eigenvalue weighted by Gasteiger charge is 2.41. The first kappa shape index (κ1) is 31.5. The quantitative estimate of drug-likeness (QED) is 0.118. The van der Waals surface area contributed by atoms with Crippen LogP contribution in [-0.2, 0) is 35.5 Å². The second-order valence-corrected chi connectivity index (χ2v) is 17.3. The van der Waals surface area contributed by atoms with Crippen LogP contribution >= 0.6 is 0 Å². The molecule has 8 rings (SSSR count). The third-order valence-corrected chi connectivity index (χ3v) is 12.9. The first-order valence-corrected chi connectivity index (χ1v) is 21.4. The number of methoxy groups -OCH3 is 4. The molecule has 0 radical (unpaired) electrons. The zero-order valence-electron chi connectivity index (χ0n) is 47.3. The summed E-state index contributed by atoms with van der Waals surface area (Å²) in [6.07, 6.45) is 4.42. The number of ether oxygens (including phenoxy) is 6. The van der Waals surface area contributed by atoms with Gasteiger partial charge in [-0.05, 0) is 115 Å². The van der Waals surface area contributed by atoms with Crippen molar-refractivity contribution in [1.82, 2.24) is 9.80 Å². The number of aliphatic hydroxyl groups excluding tert-OH is 1. The topological polar surface area (TPSA) is 82.1 Å². The van der Waals surface area contributed by atoms with Crippen molar-refractivity contribution >= 4 is 0 Å². The second kappa shape index (κ2) is 21.1. The summed E-state index contributed by atoms with van der Waals surface area (Å²) >= 11 is 0. The second-order valence-electron chi connectivity index (χ2n) is 17.3. The Hall–Kier alpha value is -4.38. The Labute approximate surface area is 381 Å². The van der Waals surface area contributed by atoms with Gasteiger partial charge in [0, 0.05) is 50.8 Å². The van der Waals surface area contributed by atoms with Gasteiger partial charge < -0.3 is 33.5 Å². The molecular weight excluding hydrogens is 765 g/mol. The lowest BCUT2D eigenvalue weighted by molar-refractivity contribution is -0.0729. The maximum atomic E-state index is 9.69. The highest BCUT2D eigenvalue weighted by atomic mass is 16.5. The van der Waals surface area contributed by atoms with Gasteiger partial charge in [0.2, 0.25) is 0 Å². The minimum absolute atomic E-state index is 0.00309. The predicted octanol–water partition coefficient (Wildman–Crippen LogP) is 9.40. The zero-order valence-corrected chi connectivity index (χ0v) is 35.3. The van der Waals surface area contributed by atoms with Crippen molar-refractivity contribution in [2.24, 2.45) is 17.8 Å². The van der Waals surface area contributed by atoms with Crippen LogP contribution in [0.3, 0.4) is 0 Å². The van der Waals surface area contributed by atoms with Crippen molar-refractivity contribution in [2.75, 3.05) is 60.9 Å². The van der Waals surface area contributed by atoms with E-state index in [1.807, 2.05) is 74.5 Å². The molecule has 9 nitrogen and oxygen atoms in total. The van der Waals surface area contributed by atoms with Crippen LogP contribution in [0, 0.1) is 17.8 Å². The molecule has 0 aliphatic carbocycles. The first-order chi connectivity index (χ1) is 34.3. The number of aliphatic hydroxyl groups is 1. The minimum Gasteiger partial charge on any atom is -0.493 e. The molecular formula is C52H68N2O7. The number of piperidine rings is 2. The zero-order chi connectivity index (χ0) is 52.9. The van der Waals surface area contributed by atoms with E-state index in [0.717, 1.165) is 84.4 Å². The van der Waals surface area contributed by atoms with Crippen LogP contribution in [-0.4, -0.2) is 88.1 Å². The maximum Gasteiger partial charge on any atom is 0.161 e. The van der Waals surface area contributed by atoms with Gasteiger partial charge in [-0.2, -0.15) is 0 Å². The number of hydrogen-bond acceptors (Lipinski definition) is 9. The third-order valence-electron chi connectivity index (χ3n) is 12.9. The van der Waals surface area contributed by atoms with Gasteiger partial charge in [-0.25, -0.2) is 0 Å². The molecule has 4 heterocycles. The van der Waals surface area contributed by atoms with E-state index in [9.17, 15) is 5.11 Å². The number of nitrogens with zero attached hydrogens (tertiary/aromatic N) is 2. The lowest BCUT2D eigenvalue weighted by Crippen LogP contribution is -2.49. The standard InChI is InChI=1S/C26H35NO4.C26H33NO3/c1-18(16-28)11-21-15-27-10-9-20-12-25(29-2)26(30-3)13-22(20)23(27)14-24(21)31-17-19-7-5-4-6-8-19;1-18(2)12-21-16-27-11-10-20-13-25(28-3)26(29-4)14-22(20)23(27)15-24(21)30-17-19-8-6-5-7-9-19/h4-8,12-13,18,21,23-24,28H,9-11,14-17H2,1-3H3;5-9,13-14,21,23-24H,1,10-12,15-17H2,2-4H3/t18?,21-,23-,24+;21-,23-,24+/m00/s1/i2D3,3D3;3D3,4D3. The average molecular weight is 845 g/mol. The van der Waals surface area contributed by atoms with Crippen molar-refractivity contribution < 1.29 is 50.0 Å². The molecule has 2 saturated heterocycles. The van der Waals surface area contributed by atoms with Crippen molar-refractivity contribution in [3.63, 3.8) is 0 Å². The molecule has 2 fully saturated rings. The van der Waals surface area contributed by atoms with Crippen LogP contribution in [0.25, 0.3) is 0 Å². The van der Waals surface area contributed by atoms with Gasteiger partial charge in [-0.1, -0.05) is 73.2 Å². The molecule has 0 aromatic heterocycles. The summed E-state index contributed by atoms with van der Waals surface area (Å²) in [6.45, 7) is 12.5. The van der Waals surface area contributed by atoms with E-state index in [-0.39, 0.29) is 65.7 Å². The van der Waals surface area contributed by atoms with E-state index in [0.29, 0.717) is 38.4 Å². The van der Waals surface area contributed by atoms with Crippen LogP contribution < -0.4 is 18.9 Å². The van der Waals surface area contributed by atoms with Crippen molar-refractivity contribution in [1.29, 1.82) is 0 Å². The molecule has 1 N–H and O–H groups in total. The fourth-order valence-corrected chi connectivity index (χ4v) is 9.92. The Morgan fingerprint density at radius 1 is 0.689 bits per heavy atom. The predicted molar refractivity (Wildman–Crippen MR) is 242 cm³/mol. The monoisotopic (exact) mass is 845 g/mol. The van der Waals surface area contributed by atoms with E-state index in [4.69, 9.17) is 44.9 Å². The Kier molecular flexibility index (Phi) is 10.9. The smallest absolute Gasteiger partial charge is 0.161 e. The van der Waals surface area contributed by atoms with Crippen molar-refractivity contribution in [3.8, 4) is 23.0 Å². The van der Waals surface area contributed by atoms with Gasteiger partial charge in [-0.15, -0.1) is 6.58 Å². The molecule has 0 bridgehead atoms. The Balaban J connectivity index is 0.000000214. The molecule has 4 aliphatic rings. The van der Waals surface area contributed by atoms with Gasteiger partial charge in [0.25, 0.3) is 0 Å². The maximum absolute atomic E-state index is 9.69. The first-order valence-electron chi connectivity index (χ1n) is 27.4. The summed E-state index contributed by atoms with van der Waals surface area (Å²) in [5.41, 5.74) is 7.01. The van der Waals surface area contributed by atoms with Crippen LogP contribution in [0.5, 0.6) is 23.0 Å². The lowest BCUT2D eigenvalue weighted by Gasteiger charge is -2.47. The molecule has 1 unspecified atom stereocenters. The van der Waals surface area contributed by atoms with Gasteiger partial charge >= 0.3 is 0 Å². The van der Waals surface area contributed by atoms with Crippen molar-refractivity contribution in [2.45, 2.75) is 89.9 Å². The highest BCUT2D eigenvalue weighted by molar-refractivity contribution is 5.51. The molecule has 0 saturated carbocycles. The van der Waals surface area contributed by atoms with Crippen LogP contribution in [0.4, 0.5) is 0 Å². The largest absolute Gasteiger partial charge is 0.493 e. The SMILES string of the molecule is [2H]C([2H])([2H])Oc1cc2c(cc1OC([2H])([2H])[2H])[C@@H]1C[C@@H](OCc3ccccc3)[C@@H](CC(=C)C)CN1CC2.[2H]C([2H])([2H])Oc1cc2c(cc1OC([2H])([2H])[2H])[C@@H]1C[C@@H](OCc3ccccc3)[C@@H](CC(C)CO)CN1CC2. The van der Waals surface area contributed by atoms with Gasteiger partial charge in [0.05, 0.1) is 70.0 Å². The van der Waals surface area contributed by atoms with Gasteiger partial charge in [0.1, 0.15) is 0 Å². The van der Waals surface area contributed by atoms with Crippen LogP contribution in [0.1, 0.15) is 101 Å². The summed E-state index contributed by atoms with van der Waals surface area (Å²) in [5, 5.41) is 9.69. The normalized spacial score (nSPS) is 27.5. The molecule has 4 aromatic carbocycles. The Bertz CT molecular complexity index is 2450. The molecule has 7 atom stereocenters. The fourth-order valence-electron chi connectivity index (χ4n) is 9.92.